The summed E-state index contributed by atoms with van der Waals surface area (Å²) in [4.78, 5) is 44.6. The molecule has 1 aliphatic heterocycles. The smallest absolute Gasteiger partial charge is 0.332 e. The average Bonchev–Trinajstić information content (AvgIpc) is 3.24. The van der Waals surface area contributed by atoms with Crippen molar-refractivity contribution in [3.8, 4) is 0 Å². The van der Waals surface area contributed by atoms with Crippen LogP contribution in [0.25, 0.3) is 11.2 Å². The zero-order chi connectivity index (χ0) is 23.7. The fraction of sp³-hybridized carbons (Fsp3) is 0.381. The molecule has 0 unspecified atom stereocenters. The van der Waals surface area contributed by atoms with E-state index < -0.39 is 41.9 Å². The number of benzene rings is 1. The SMILES string of the molecule is CC(=O)OC[C@@H]1C[C@@H](OC(C)=O)[C@H](n2c(=O)n(Cc3cccc(F)c3)c3cnc(N)nc32)O1. The molecule has 0 aliphatic carbocycles. The number of nitrogens with zero attached hydrogens (tertiary/aromatic N) is 4. The third-order valence-corrected chi connectivity index (χ3v) is 5.14. The van der Waals surface area contributed by atoms with E-state index in [0.29, 0.717) is 11.1 Å². The standard InChI is InChI=1S/C21H22FN5O6/c1-11(28)31-10-15-7-17(32-12(2)29)19(33-15)27-18-16(8-24-20(23)25-18)26(21(27)30)9-13-4-3-5-14(22)6-13/h3-6,8,15,17,19H,7,9-10H2,1-2H3,(H2,23,24,25)/t15-,17+,19+/m0/s1. The van der Waals surface area contributed by atoms with E-state index in [1.165, 1.54) is 41.3 Å². The maximum atomic E-state index is 13.7. The van der Waals surface area contributed by atoms with Crippen LogP contribution in [-0.2, 0) is 30.3 Å². The molecule has 0 bridgehead atoms. The quantitative estimate of drug-likeness (QED) is 0.537. The predicted octanol–water partition coefficient (Wildman–Crippen LogP) is 1.14. The van der Waals surface area contributed by atoms with Gasteiger partial charge in [-0.25, -0.2) is 18.7 Å². The number of carbonyl (C=O) groups is 2. The van der Waals surface area contributed by atoms with Crippen LogP contribution in [0.4, 0.5) is 10.3 Å². The van der Waals surface area contributed by atoms with Gasteiger partial charge in [0.1, 0.15) is 24.0 Å². The van der Waals surface area contributed by atoms with Crippen molar-refractivity contribution >= 4 is 29.1 Å². The summed E-state index contributed by atoms with van der Waals surface area (Å²) >= 11 is 0. The molecule has 174 valence electrons. The second-order valence-electron chi connectivity index (χ2n) is 7.64. The first-order valence-corrected chi connectivity index (χ1v) is 10.2. The van der Waals surface area contributed by atoms with Gasteiger partial charge < -0.3 is 19.9 Å². The zero-order valence-corrected chi connectivity index (χ0v) is 17.9. The number of carbonyl (C=O) groups excluding carboxylic acids is 2. The number of hydrogen-bond acceptors (Lipinski definition) is 9. The third-order valence-electron chi connectivity index (χ3n) is 5.14. The highest BCUT2D eigenvalue weighted by molar-refractivity contribution is 5.72. The Bertz CT molecular complexity index is 1270. The maximum Gasteiger partial charge on any atom is 0.332 e. The van der Waals surface area contributed by atoms with E-state index in [-0.39, 0.29) is 31.2 Å². The van der Waals surface area contributed by atoms with Crippen molar-refractivity contribution in [3.63, 3.8) is 0 Å². The van der Waals surface area contributed by atoms with Gasteiger partial charge >= 0.3 is 17.6 Å². The Morgan fingerprint density at radius 3 is 2.79 bits per heavy atom. The van der Waals surface area contributed by atoms with Crippen LogP contribution in [0.15, 0.2) is 35.3 Å². The fourth-order valence-corrected chi connectivity index (χ4v) is 3.85. The molecular weight excluding hydrogens is 437 g/mol. The van der Waals surface area contributed by atoms with Crippen LogP contribution in [0.3, 0.4) is 0 Å². The van der Waals surface area contributed by atoms with Crippen molar-refractivity contribution in [1.29, 1.82) is 0 Å². The van der Waals surface area contributed by atoms with Crippen LogP contribution in [0.5, 0.6) is 0 Å². The van der Waals surface area contributed by atoms with Crippen LogP contribution in [0.1, 0.15) is 32.1 Å². The lowest BCUT2D eigenvalue weighted by molar-refractivity contribution is -0.153. The normalized spacial score (nSPS) is 20.2. The van der Waals surface area contributed by atoms with Crippen LogP contribution in [-0.4, -0.2) is 49.9 Å². The number of rotatable bonds is 6. The Balaban J connectivity index is 1.79. The zero-order valence-electron chi connectivity index (χ0n) is 17.9. The monoisotopic (exact) mass is 459 g/mol. The molecule has 0 amide bonds. The van der Waals surface area contributed by atoms with Gasteiger partial charge in [0.15, 0.2) is 11.9 Å². The minimum absolute atomic E-state index is 0.0369. The van der Waals surface area contributed by atoms with E-state index in [1.54, 1.807) is 12.1 Å². The number of fused-ring (bicyclic) bond motifs is 1. The van der Waals surface area contributed by atoms with E-state index >= 15 is 0 Å². The first-order valence-electron chi connectivity index (χ1n) is 10.2. The summed E-state index contributed by atoms with van der Waals surface area (Å²) in [6.07, 6.45) is -0.920. The van der Waals surface area contributed by atoms with Crippen LogP contribution in [0, 0.1) is 5.82 Å². The van der Waals surface area contributed by atoms with E-state index in [1.807, 2.05) is 0 Å². The Morgan fingerprint density at radius 2 is 2.09 bits per heavy atom. The first-order chi connectivity index (χ1) is 15.7. The second kappa shape index (κ2) is 8.98. The molecule has 33 heavy (non-hydrogen) atoms. The summed E-state index contributed by atoms with van der Waals surface area (Å²) in [6, 6.07) is 5.84. The molecule has 3 aromatic rings. The number of hydrogen-bond donors (Lipinski definition) is 1. The topological polar surface area (TPSA) is 141 Å². The molecule has 1 fully saturated rings. The molecule has 0 saturated carbocycles. The number of aromatic nitrogens is 4. The minimum atomic E-state index is -1.05. The Kier molecular flexibility index (Phi) is 6.09. The summed E-state index contributed by atoms with van der Waals surface area (Å²) in [5.74, 6) is -1.56. The number of esters is 2. The second-order valence-corrected chi connectivity index (χ2v) is 7.64. The lowest BCUT2D eigenvalue weighted by Gasteiger charge is -2.19. The summed E-state index contributed by atoms with van der Waals surface area (Å²) < 4.78 is 32.7. The Labute approximate surface area is 186 Å². The highest BCUT2D eigenvalue weighted by Gasteiger charge is 2.41. The van der Waals surface area contributed by atoms with Gasteiger partial charge in [0.25, 0.3) is 0 Å². The highest BCUT2D eigenvalue weighted by atomic mass is 19.1. The molecule has 2 N–H and O–H groups in total. The third kappa shape index (κ3) is 4.70. The molecule has 3 atom stereocenters. The van der Waals surface area contributed by atoms with Crippen molar-refractivity contribution in [2.75, 3.05) is 12.3 Å². The van der Waals surface area contributed by atoms with Gasteiger partial charge in [-0.15, -0.1) is 0 Å². The van der Waals surface area contributed by atoms with Gasteiger partial charge in [-0.1, -0.05) is 12.1 Å². The van der Waals surface area contributed by atoms with E-state index in [4.69, 9.17) is 19.9 Å². The molecular formula is C21H22FN5O6. The number of nitrogens with two attached hydrogens (primary N) is 1. The lowest BCUT2D eigenvalue weighted by atomic mass is 10.2. The summed E-state index contributed by atoms with van der Waals surface area (Å²) in [7, 11) is 0. The highest BCUT2D eigenvalue weighted by Crippen LogP contribution is 2.33. The molecule has 2 aromatic heterocycles. The van der Waals surface area contributed by atoms with Crippen LogP contribution in [0.2, 0.25) is 0 Å². The summed E-state index contributed by atoms with van der Waals surface area (Å²) in [5, 5.41) is 0. The molecule has 4 rings (SSSR count). The van der Waals surface area contributed by atoms with Gasteiger partial charge in [0.05, 0.1) is 18.8 Å². The van der Waals surface area contributed by atoms with E-state index in [2.05, 4.69) is 9.97 Å². The molecule has 1 saturated heterocycles. The van der Waals surface area contributed by atoms with Crippen LogP contribution >= 0.6 is 0 Å². The van der Waals surface area contributed by atoms with Gasteiger partial charge in [-0.05, 0) is 17.7 Å². The molecule has 0 spiro atoms. The lowest BCUT2D eigenvalue weighted by Crippen LogP contribution is -2.34. The minimum Gasteiger partial charge on any atom is -0.463 e. The largest absolute Gasteiger partial charge is 0.463 e. The average molecular weight is 459 g/mol. The molecule has 1 aliphatic rings. The van der Waals surface area contributed by atoms with Gasteiger partial charge in [-0.3, -0.25) is 14.2 Å². The summed E-state index contributed by atoms with van der Waals surface area (Å²) in [5.41, 5.74) is 6.28. The Hall–Kier alpha value is -3.80. The number of halogens is 1. The molecule has 12 heteroatoms. The van der Waals surface area contributed by atoms with Gasteiger partial charge in [-0.2, -0.15) is 4.98 Å². The molecule has 11 nitrogen and oxygen atoms in total. The van der Waals surface area contributed by atoms with Crippen LogP contribution < -0.4 is 11.4 Å². The van der Waals surface area contributed by atoms with Crippen molar-refractivity contribution in [2.24, 2.45) is 0 Å². The number of imidazole rings is 1. The number of ether oxygens (including phenoxy) is 3. The maximum absolute atomic E-state index is 13.7. The van der Waals surface area contributed by atoms with Gasteiger partial charge in [0.2, 0.25) is 5.95 Å². The van der Waals surface area contributed by atoms with Crippen molar-refractivity contribution in [3.05, 3.63) is 52.3 Å². The van der Waals surface area contributed by atoms with Crippen molar-refractivity contribution < 1.29 is 28.2 Å². The van der Waals surface area contributed by atoms with Crippen molar-refractivity contribution in [1.82, 2.24) is 19.1 Å². The molecule has 0 radical (unpaired) electrons. The van der Waals surface area contributed by atoms with Gasteiger partial charge in [0, 0.05) is 20.3 Å². The number of nitrogen functional groups attached to an aromatic ring is 1. The predicted molar refractivity (Wildman–Crippen MR) is 112 cm³/mol. The van der Waals surface area contributed by atoms with E-state index in [9.17, 15) is 18.8 Å². The molecule has 1 aromatic carbocycles. The number of anilines is 1. The van der Waals surface area contributed by atoms with Crippen molar-refractivity contribution in [2.45, 2.75) is 45.2 Å². The summed E-state index contributed by atoms with van der Waals surface area (Å²) in [6.45, 7) is 2.47. The fourth-order valence-electron chi connectivity index (χ4n) is 3.85. The Morgan fingerprint density at radius 1 is 1.30 bits per heavy atom. The van der Waals surface area contributed by atoms with E-state index in [0.717, 1.165) is 0 Å². The first kappa shape index (κ1) is 22.4. The molecule has 3 heterocycles.